The van der Waals surface area contributed by atoms with Gasteiger partial charge < -0.3 is 10.1 Å². The molecule has 39 heavy (non-hydrogen) atoms. The topological polar surface area (TPSA) is 118 Å². The fourth-order valence-corrected chi connectivity index (χ4v) is 4.54. The number of nitrogens with zero attached hydrogens (tertiary/aromatic N) is 4. The number of methoxy groups -OCH3 is 1. The smallest absolute Gasteiger partial charge is 0.425 e. The monoisotopic (exact) mass is 630 g/mol. The number of ether oxygens (including phenoxy) is 1. The molecule has 2 aromatic heterocycles. The summed E-state index contributed by atoms with van der Waals surface area (Å²) in [5.74, 6) is -0.979. The van der Waals surface area contributed by atoms with E-state index in [1.54, 1.807) is 49.4 Å². The van der Waals surface area contributed by atoms with Crippen molar-refractivity contribution in [3.8, 4) is 5.82 Å². The molecular formula is C26H21BrCl2N6O4. The van der Waals surface area contributed by atoms with Crippen LogP contribution >= 0.6 is 39.1 Å². The molecule has 4 aromatic rings. The molecule has 0 bridgehead atoms. The number of carbonyl (C=O) groups excluding carboxylic acids is 3. The first-order chi connectivity index (χ1) is 18.7. The number of hydrogen-bond donors (Lipinski definition) is 2. The molecule has 0 radical (unpaired) electrons. The second kappa shape index (κ2) is 12.3. The third-order valence-electron chi connectivity index (χ3n) is 5.46. The first-order valence-electron chi connectivity index (χ1n) is 11.4. The van der Waals surface area contributed by atoms with Gasteiger partial charge in [-0.3, -0.25) is 9.59 Å². The highest BCUT2D eigenvalue weighted by atomic mass is 79.9. The van der Waals surface area contributed by atoms with Crippen LogP contribution in [-0.4, -0.2) is 44.8 Å². The molecule has 200 valence electrons. The number of pyridine rings is 1. The van der Waals surface area contributed by atoms with Gasteiger partial charge >= 0.3 is 6.09 Å². The summed E-state index contributed by atoms with van der Waals surface area (Å²) in [5.41, 5.74) is 4.02. The predicted octanol–water partition coefficient (Wildman–Crippen LogP) is 5.81. The zero-order chi connectivity index (χ0) is 28.1. The van der Waals surface area contributed by atoms with Crippen LogP contribution in [0.15, 0.2) is 71.5 Å². The van der Waals surface area contributed by atoms with Crippen molar-refractivity contribution in [1.82, 2.24) is 25.2 Å². The average molecular weight is 632 g/mol. The Morgan fingerprint density at radius 2 is 1.82 bits per heavy atom. The fraction of sp³-hybridized carbons (Fsp3) is 0.115. The van der Waals surface area contributed by atoms with Gasteiger partial charge in [0.1, 0.15) is 10.3 Å². The van der Waals surface area contributed by atoms with Crippen LogP contribution in [0, 0.1) is 6.92 Å². The summed E-state index contributed by atoms with van der Waals surface area (Å²) in [5, 5.41) is 8.70. The summed E-state index contributed by atoms with van der Waals surface area (Å²) in [7, 11) is 1.19. The lowest BCUT2D eigenvalue weighted by molar-refractivity contribution is 0.0613. The SMILES string of the molecule is COC(=O)NN(Cc1ccccc1)C(=O)c1cc(Cl)cc(C)c1NC(=O)c1cc(Br)nn1-c1ncccc1Cl. The summed E-state index contributed by atoms with van der Waals surface area (Å²) >= 11 is 15.9. The molecule has 0 atom stereocenters. The van der Waals surface area contributed by atoms with E-state index in [-0.39, 0.29) is 39.4 Å². The van der Waals surface area contributed by atoms with Gasteiger partial charge in [-0.15, -0.1) is 0 Å². The first kappa shape index (κ1) is 28.1. The number of hydrazine groups is 1. The Bertz CT molecular complexity index is 1550. The maximum atomic E-state index is 13.8. The molecule has 0 unspecified atom stereocenters. The molecule has 2 heterocycles. The molecule has 0 saturated carbocycles. The van der Waals surface area contributed by atoms with Crippen LogP contribution in [0.4, 0.5) is 10.5 Å². The number of aryl methyl sites for hydroxylation is 1. The number of rotatable bonds is 6. The Kier molecular flexibility index (Phi) is 8.85. The van der Waals surface area contributed by atoms with Crippen molar-refractivity contribution in [3.05, 3.63) is 104 Å². The zero-order valence-corrected chi connectivity index (χ0v) is 23.7. The minimum Gasteiger partial charge on any atom is -0.452 e. The molecule has 2 N–H and O–H groups in total. The third kappa shape index (κ3) is 6.56. The lowest BCUT2D eigenvalue weighted by Crippen LogP contribution is -2.46. The van der Waals surface area contributed by atoms with Crippen molar-refractivity contribution in [2.45, 2.75) is 13.5 Å². The molecule has 0 saturated heterocycles. The third-order valence-corrected chi connectivity index (χ3v) is 6.36. The number of benzene rings is 2. The minimum atomic E-state index is -0.843. The second-order valence-corrected chi connectivity index (χ2v) is 9.81. The summed E-state index contributed by atoms with van der Waals surface area (Å²) in [6, 6.07) is 16.8. The molecule has 0 aliphatic rings. The molecule has 2 aromatic carbocycles. The Balaban J connectivity index is 1.72. The summed E-state index contributed by atoms with van der Waals surface area (Å²) in [4.78, 5) is 43.6. The molecular weight excluding hydrogens is 611 g/mol. The van der Waals surface area contributed by atoms with Crippen molar-refractivity contribution >= 4 is 62.7 Å². The van der Waals surface area contributed by atoms with Crippen LogP contribution in [-0.2, 0) is 11.3 Å². The number of nitrogens with one attached hydrogen (secondary N) is 2. The van der Waals surface area contributed by atoms with Gasteiger partial charge in [-0.05, 0) is 58.2 Å². The van der Waals surface area contributed by atoms with Crippen molar-refractivity contribution in [3.63, 3.8) is 0 Å². The molecule has 0 fully saturated rings. The van der Waals surface area contributed by atoms with Gasteiger partial charge in [-0.25, -0.2) is 24.9 Å². The normalized spacial score (nSPS) is 10.6. The Labute approximate surface area is 242 Å². The summed E-state index contributed by atoms with van der Waals surface area (Å²) in [6.45, 7) is 1.71. The van der Waals surface area contributed by atoms with E-state index in [1.165, 1.54) is 30.1 Å². The highest BCUT2D eigenvalue weighted by Crippen LogP contribution is 2.29. The van der Waals surface area contributed by atoms with Gasteiger partial charge in [0.25, 0.3) is 11.8 Å². The Morgan fingerprint density at radius 1 is 1.08 bits per heavy atom. The van der Waals surface area contributed by atoms with Gasteiger partial charge in [0, 0.05) is 17.3 Å². The van der Waals surface area contributed by atoms with Crippen LogP contribution in [0.3, 0.4) is 0 Å². The van der Waals surface area contributed by atoms with Crippen LogP contribution in [0.25, 0.3) is 5.82 Å². The van der Waals surface area contributed by atoms with Crippen molar-refractivity contribution in [2.24, 2.45) is 0 Å². The standard InChI is InChI=1S/C26H21BrCl2N6O4/c1-15-11-17(28)12-18(25(37)34(33-26(38)39-2)14-16-7-4-3-5-8-16)22(15)31-24(36)20-13-21(27)32-35(20)23-19(29)9-6-10-30-23/h3-13H,14H2,1-2H3,(H,31,36)(H,33,38). The van der Waals surface area contributed by atoms with Crippen LogP contribution in [0.2, 0.25) is 10.0 Å². The van der Waals surface area contributed by atoms with Gasteiger partial charge in [0.15, 0.2) is 5.82 Å². The summed E-state index contributed by atoms with van der Waals surface area (Å²) < 4.78 is 6.36. The number of anilines is 1. The highest BCUT2D eigenvalue weighted by molar-refractivity contribution is 9.10. The van der Waals surface area contributed by atoms with E-state index in [2.05, 4.69) is 36.8 Å². The van der Waals surface area contributed by atoms with Gasteiger partial charge in [0.2, 0.25) is 0 Å². The number of aromatic nitrogens is 3. The molecule has 13 heteroatoms. The number of amides is 3. The van der Waals surface area contributed by atoms with Crippen LogP contribution in [0.5, 0.6) is 0 Å². The van der Waals surface area contributed by atoms with E-state index >= 15 is 0 Å². The van der Waals surface area contributed by atoms with E-state index in [0.29, 0.717) is 10.2 Å². The second-order valence-electron chi connectivity index (χ2n) is 8.15. The fourth-order valence-electron chi connectivity index (χ4n) is 3.69. The van der Waals surface area contributed by atoms with E-state index in [9.17, 15) is 14.4 Å². The van der Waals surface area contributed by atoms with Gasteiger partial charge in [0.05, 0.1) is 29.9 Å². The van der Waals surface area contributed by atoms with E-state index in [4.69, 9.17) is 27.9 Å². The Hall–Kier alpha value is -3.93. The molecule has 0 spiro atoms. The van der Waals surface area contributed by atoms with Gasteiger partial charge in [-0.1, -0.05) is 53.5 Å². The molecule has 0 aliphatic heterocycles. The van der Waals surface area contributed by atoms with Crippen molar-refractivity contribution in [2.75, 3.05) is 12.4 Å². The summed E-state index contributed by atoms with van der Waals surface area (Å²) in [6.07, 6.45) is 0.679. The maximum Gasteiger partial charge on any atom is 0.425 e. The minimum absolute atomic E-state index is 0.0195. The molecule has 3 amide bonds. The molecule has 10 nitrogen and oxygen atoms in total. The van der Waals surface area contributed by atoms with Crippen molar-refractivity contribution < 1.29 is 19.1 Å². The Morgan fingerprint density at radius 3 is 2.51 bits per heavy atom. The quantitative estimate of drug-likeness (QED) is 0.259. The van der Waals surface area contributed by atoms with Crippen LogP contribution < -0.4 is 10.7 Å². The number of carbonyl (C=O) groups is 3. The predicted molar refractivity (Wildman–Crippen MR) is 150 cm³/mol. The zero-order valence-electron chi connectivity index (χ0n) is 20.6. The lowest BCUT2D eigenvalue weighted by Gasteiger charge is -2.24. The average Bonchev–Trinajstić information content (AvgIpc) is 3.31. The lowest BCUT2D eigenvalue weighted by atomic mass is 10.1. The van der Waals surface area contributed by atoms with E-state index in [1.807, 2.05) is 6.07 Å². The molecule has 0 aliphatic carbocycles. The van der Waals surface area contributed by atoms with Gasteiger partial charge in [-0.2, -0.15) is 5.10 Å². The molecule has 4 rings (SSSR count). The van der Waals surface area contributed by atoms with Crippen LogP contribution in [0.1, 0.15) is 32.0 Å². The van der Waals surface area contributed by atoms with Crippen molar-refractivity contribution in [1.29, 1.82) is 0 Å². The van der Waals surface area contributed by atoms with E-state index < -0.39 is 17.9 Å². The first-order valence-corrected chi connectivity index (χ1v) is 12.9. The maximum absolute atomic E-state index is 13.8. The van der Waals surface area contributed by atoms with E-state index in [0.717, 1.165) is 10.6 Å². The number of hydrogen-bond acceptors (Lipinski definition) is 6. The highest BCUT2D eigenvalue weighted by Gasteiger charge is 2.26. The number of halogens is 3. The largest absolute Gasteiger partial charge is 0.452 e.